The number of aliphatic hydroxyl groups excluding tert-OH is 2. The summed E-state index contributed by atoms with van der Waals surface area (Å²) in [6, 6.07) is 4.51. The number of nitro benzene ring substituents is 1. The highest BCUT2D eigenvalue weighted by molar-refractivity contribution is 7.89. The third-order valence-electron chi connectivity index (χ3n) is 4.81. The summed E-state index contributed by atoms with van der Waals surface area (Å²) in [5.41, 5.74) is 5.90. The van der Waals surface area contributed by atoms with E-state index in [-0.39, 0.29) is 27.6 Å². The van der Waals surface area contributed by atoms with E-state index in [2.05, 4.69) is 19.7 Å². The quantitative estimate of drug-likeness (QED) is 0.261. The molecule has 14 nitrogen and oxygen atoms in total. The third-order valence-corrected chi connectivity index (χ3v) is 6.23. The van der Waals surface area contributed by atoms with Gasteiger partial charge in [0.05, 0.1) is 16.1 Å². The minimum Gasteiger partial charge on any atom is -0.387 e. The van der Waals surface area contributed by atoms with Crippen LogP contribution in [0.25, 0.3) is 11.2 Å². The van der Waals surface area contributed by atoms with Gasteiger partial charge in [0.2, 0.25) is 10.0 Å². The minimum atomic E-state index is -4.14. The number of anilines is 1. The van der Waals surface area contributed by atoms with E-state index in [1.807, 2.05) is 0 Å². The van der Waals surface area contributed by atoms with Crippen molar-refractivity contribution in [3.63, 3.8) is 0 Å². The molecule has 1 aliphatic rings. The van der Waals surface area contributed by atoms with Gasteiger partial charge in [-0.2, -0.15) is 0 Å². The summed E-state index contributed by atoms with van der Waals surface area (Å²) < 4.78 is 34.2. The number of nitrogens with two attached hydrogens (primary N) is 1. The fraction of sp³-hybridized carbons (Fsp3) is 0.312. The Morgan fingerprint density at radius 1 is 1.26 bits per heavy atom. The number of aliphatic hydroxyl groups is 2. The zero-order valence-electron chi connectivity index (χ0n) is 15.6. The highest BCUT2D eigenvalue weighted by Crippen LogP contribution is 2.32. The Kier molecular flexibility index (Phi) is 5.28. The summed E-state index contributed by atoms with van der Waals surface area (Å²) in [6.07, 6.45) is -2.56. The number of benzene rings is 1. The molecular weight excluding hydrogens is 434 g/mol. The maximum absolute atomic E-state index is 12.5. The topological polar surface area (TPSA) is 209 Å². The van der Waals surface area contributed by atoms with E-state index < -0.39 is 46.0 Å². The van der Waals surface area contributed by atoms with Crippen molar-refractivity contribution in [2.45, 2.75) is 29.4 Å². The largest absolute Gasteiger partial charge is 0.387 e. The van der Waals surface area contributed by atoms with Crippen molar-refractivity contribution in [2.24, 2.45) is 0 Å². The van der Waals surface area contributed by atoms with Gasteiger partial charge in [0, 0.05) is 18.7 Å². The van der Waals surface area contributed by atoms with E-state index in [0.29, 0.717) is 0 Å². The van der Waals surface area contributed by atoms with Crippen molar-refractivity contribution < 1.29 is 28.3 Å². The summed E-state index contributed by atoms with van der Waals surface area (Å²) in [5, 5.41) is 31.6. The molecule has 31 heavy (non-hydrogen) atoms. The fourth-order valence-corrected chi connectivity index (χ4v) is 4.31. The number of hydrogen-bond donors (Lipinski definition) is 4. The van der Waals surface area contributed by atoms with Crippen LogP contribution in [-0.2, 0) is 14.8 Å². The maximum Gasteiger partial charge on any atom is 0.270 e. The molecule has 4 rings (SSSR count). The Bertz CT molecular complexity index is 1250. The first kappa shape index (κ1) is 21.0. The maximum atomic E-state index is 12.5. The molecule has 3 heterocycles. The molecule has 2 aromatic heterocycles. The van der Waals surface area contributed by atoms with Crippen molar-refractivity contribution in [2.75, 3.05) is 12.3 Å². The molecule has 0 amide bonds. The van der Waals surface area contributed by atoms with E-state index >= 15 is 0 Å². The lowest BCUT2D eigenvalue weighted by atomic mass is 10.1. The minimum absolute atomic E-state index is 0.123. The summed E-state index contributed by atoms with van der Waals surface area (Å²) >= 11 is 0. The molecular formula is C16H17N7O7S. The van der Waals surface area contributed by atoms with Gasteiger partial charge in [-0.1, -0.05) is 6.07 Å². The van der Waals surface area contributed by atoms with E-state index in [9.17, 15) is 28.7 Å². The van der Waals surface area contributed by atoms with E-state index in [1.54, 1.807) is 0 Å². The van der Waals surface area contributed by atoms with Crippen LogP contribution < -0.4 is 10.5 Å². The van der Waals surface area contributed by atoms with Crippen LogP contribution in [0.15, 0.2) is 41.8 Å². The van der Waals surface area contributed by atoms with Crippen LogP contribution in [0, 0.1) is 10.1 Å². The Morgan fingerprint density at radius 3 is 2.77 bits per heavy atom. The predicted octanol–water partition coefficient (Wildman–Crippen LogP) is -1.09. The van der Waals surface area contributed by atoms with Crippen LogP contribution in [0.2, 0.25) is 0 Å². The summed E-state index contributed by atoms with van der Waals surface area (Å²) in [7, 11) is -4.14. The fourth-order valence-electron chi connectivity index (χ4n) is 3.22. The molecule has 0 unspecified atom stereocenters. The Labute approximate surface area is 174 Å². The van der Waals surface area contributed by atoms with Gasteiger partial charge in [-0.05, 0) is 6.07 Å². The van der Waals surface area contributed by atoms with E-state index in [0.717, 1.165) is 12.1 Å². The van der Waals surface area contributed by atoms with E-state index in [1.165, 1.54) is 29.4 Å². The highest BCUT2D eigenvalue weighted by Gasteiger charge is 2.44. The highest BCUT2D eigenvalue weighted by atomic mass is 32.2. The third kappa shape index (κ3) is 3.79. The van der Waals surface area contributed by atoms with Gasteiger partial charge in [0.1, 0.15) is 30.2 Å². The van der Waals surface area contributed by atoms with Gasteiger partial charge in [-0.3, -0.25) is 14.7 Å². The molecule has 0 spiro atoms. The van der Waals surface area contributed by atoms with Crippen LogP contribution in [0.5, 0.6) is 0 Å². The van der Waals surface area contributed by atoms with Crippen molar-refractivity contribution >= 4 is 32.7 Å². The molecule has 1 aliphatic heterocycles. The second-order valence-corrected chi connectivity index (χ2v) is 8.50. The van der Waals surface area contributed by atoms with Crippen LogP contribution >= 0.6 is 0 Å². The molecule has 164 valence electrons. The second kappa shape index (κ2) is 7.78. The molecule has 1 aromatic carbocycles. The molecule has 0 aliphatic carbocycles. The van der Waals surface area contributed by atoms with Gasteiger partial charge >= 0.3 is 0 Å². The predicted molar refractivity (Wildman–Crippen MR) is 104 cm³/mol. The molecule has 4 atom stereocenters. The van der Waals surface area contributed by atoms with Gasteiger partial charge in [-0.25, -0.2) is 28.1 Å². The number of nitro groups is 1. The second-order valence-electron chi connectivity index (χ2n) is 6.74. The normalized spacial score (nSPS) is 23.9. The lowest BCUT2D eigenvalue weighted by Gasteiger charge is -2.16. The number of fused-ring (bicyclic) bond motifs is 1. The number of nitrogen functional groups attached to an aromatic ring is 1. The first-order valence-corrected chi connectivity index (χ1v) is 10.4. The van der Waals surface area contributed by atoms with Crippen LogP contribution in [0.1, 0.15) is 6.23 Å². The zero-order valence-corrected chi connectivity index (χ0v) is 16.5. The Morgan fingerprint density at radius 2 is 2.03 bits per heavy atom. The number of nitrogens with zero attached hydrogens (tertiary/aromatic N) is 5. The Balaban J connectivity index is 1.51. The van der Waals surface area contributed by atoms with Gasteiger partial charge < -0.3 is 20.7 Å². The number of rotatable bonds is 6. The van der Waals surface area contributed by atoms with Crippen molar-refractivity contribution in [3.8, 4) is 0 Å². The zero-order chi connectivity index (χ0) is 22.3. The molecule has 1 saturated heterocycles. The molecule has 3 aromatic rings. The van der Waals surface area contributed by atoms with Gasteiger partial charge in [-0.15, -0.1) is 0 Å². The average Bonchev–Trinajstić information content (AvgIpc) is 3.29. The number of nitrogens with one attached hydrogen (secondary N) is 1. The Hall–Kier alpha value is -3.24. The number of imidazole rings is 1. The van der Waals surface area contributed by atoms with Crippen LogP contribution in [0.4, 0.5) is 11.5 Å². The molecule has 0 radical (unpaired) electrons. The first-order chi connectivity index (χ1) is 14.7. The summed E-state index contributed by atoms with van der Waals surface area (Å²) in [4.78, 5) is 21.8. The van der Waals surface area contributed by atoms with Crippen LogP contribution in [0.3, 0.4) is 0 Å². The molecule has 15 heteroatoms. The smallest absolute Gasteiger partial charge is 0.270 e. The standard InChI is InChI=1S/C16H17N7O7S/c17-14-11-15(19-6-18-14)22(7-20-11)16-13(25)12(24)10(30-16)5-21-31(28,29)9-3-1-2-8(4-9)23(26)27/h1-4,6-7,10,12-13,16,21,24-25H,5H2,(H2,17,18,19)/t10-,12-,13-,16-/m1/s1. The number of non-ortho nitro benzene ring substituents is 1. The summed E-state index contributed by atoms with van der Waals surface area (Å²) in [5.74, 6) is 0.123. The first-order valence-electron chi connectivity index (χ1n) is 8.88. The van der Waals surface area contributed by atoms with Crippen molar-refractivity contribution in [1.29, 1.82) is 0 Å². The summed E-state index contributed by atoms with van der Waals surface area (Å²) in [6.45, 7) is -0.399. The van der Waals surface area contributed by atoms with Crippen LogP contribution in [-0.4, -0.2) is 67.9 Å². The lowest BCUT2D eigenvalue weighted by Crippen LogP contribution is -2.39. The van der Waals surface area contributed by atoms with E-state index in [4.69, 9.17) is 10.5 Å². The lowest BCUT2D eigenvalue weighted by molar-refractivity contribution is -0.385. The number of hydrogen-bond acceptors (Lipinski definition) is 11. The van der Waals surface area contributed by atoms with Gasteiger partial charge in [0.15, 0.2) is 17.7 Å². The van der Waals surface area contributed by atoms with Crippen molar-refractivity contribution in [3.05, 3.63) is 47.0 Å². The molecule has 0 saturated carbocycles. The molecule has 1 fully saturated rings. The number of aromatic nitrogens is 4. The SMILES string of the molecule is Nc1ncnc2c1ncn2[C@@H]1O[C@H](CNS(=O)(=O)c2cccc([N+](=O)[O-])c2)[C@@H](O)[C@H]1O. The molecule has 5 N–H and O–H groups in total. The van der Waals surface area contributed by atoms with Gasteiger partial charge in [0.25, 0.3) is 5.69 Å². The van der Waals surface area contributed by atoms with Crippen molar-refractivity contribution in [1.82, 2.24) is 24.2 Å². The average molecular weight is 451 g/mol. The molecule has 0 bridgehead atoms. The number of sulfonamides is 1. The number of ether oxygens (including phenoxy) is 1. The monoisotopic (exact) mass is 451 g/mol.